The molecule has 1 rings (SSSR count). The fourth-order valence-corrected chi connectivity index (χ4v) is 1.44. The van der Waals surface area contributed by atoms with Crippen molar-refractivity contribution in [1.82, 2.24) is 0 Å². The predicted molar refractivity (Wildman–Crippen MR) is 54.8 cm³/mol. The SMILES string of the molecule is Cc1cc(O)cc(CC(C)(C)N)c1F. The maximum absolute atomic E-state index is 13.5. The minimum atomic E-state index is -0.471. The Morgan fingerprint density at radius 1 is 1.43 bits per heavy atom. The van der Waals surface area contributed by atoms with Gasteiger partial charge in [-0.3, -0.25) is 0 Å². The van der Waals surface area contributed by atoms with Gasteiger partial charge in [0.1, 0.15) is 11.6 Å². The zero-order chi connectivity index (χ0) is 10.9. The van der Waals surface area contributed by atoms with Crippen LogP contribution in [0.2, 0.25) is 0 Å². The lowest BCUT2D eigenvalue weighted by Gasteiger charge is -2.19. The molecular weight excluding hydrogens is 181 g/mol. The Balaban J connectivity index is 3.09. The van der Waals surface area contributed by atoms with Crippen molar-refractivity contribution in [3.63, 3.8) is 0 Å². The second-order valence-corrected chi connectivity index (χ2v) is 4.40. The molecule has 0 amide bonds. The number of phenols is 1. The molecule has 2 nitrogen and oxygen atoms in total. The van der Waals surface area contributed by atoms with Gasteiger partial charge in [-0.2, -0.15) is 0 Å². The molecule has 0 heterocycles. The molecule has 0 aromatic heterocycles. The summed E-state index contributed by atoms with van der Waals surface area (Å²) in [5.74, 6) is -0.190. The third kappa shape index (κ3) is 2.70. The van der Waals surface area contributed by atoms with E-state index >= 15 is 0 Å². The topological polar surface area (TPSA) is 46.2 Å². The molecule has 0 atom stereocenters. The fraction of sp³-hybridized carbons (Fsp3) is 0.455. The Bertz CT molecular complexity index is 342. The number of aromatic hydroxyl groups is 1. The van der Waals surface area contributed by atoms with E-state index in [2.05, 4.69) is 0 Å². The highest BCUT2D eigenvalue weighted by atomic mass is 19.1. The highest BCUT2D eigenvalue weighted by Gasteiger charge is 2.16. The number of benzene rings is 1. The van der Waals surface area contributed by atoms with Crippen molar-refractivity contribution < 1.29 is 9.50 Å². The summed E-state index contributed by atoms with van der Waals surface area (Å²) in [5.41, 5.74) is 6.23. The quantitative estimate of drug-likeness (QED) is 0.762. The van der Waals surface area contributed by atoms with Gasteiger partial charge in [0.05, 0.1) is 0 Å². The lowest BCUT2D eigenvalue weighted by Crippen LogP contribution is -2.34. The average Bonchev–Trinajstić information content (AvgIpc) is 1.96. The van der Waals surface area contributed by atoms with Crippen LogP contribution in [0.3, 0.4) is 0 Å². The maximum Gasteiger partial charge on any atom is 0.129 e. The number of aryl methyl sites for hydroxylation is 1. The molecule has 1 aromatic carbocycles. The predicted octanol–water partition coefficient (Wildman–Crippen LogP) is 2.12. The summed E-state index contributed by atoms with van der Waals surface area (Å²) in [5, 5.41) is 9.31. The van der Waals surface area contributed by atoms with Crippen molar-refractivity contribution in [3.05, 3.63) is 29.1 Å². The van der Waals surface area contributed by atoms with Gasteiger partial charge in [0, 0.05) is 5.54 Å². The van der Waals surface area contributed by atoms with E-state index in [4.69, 9.17) is 5.73 Å². The Labute approximate surface area is 83.6 Å². The zero-order valence-electron chi connectivity index (χ0n) is 8.76. The number of halogens is 1. The van der Waals surface area contributed by atoms with Crippen LogP contribution in [0.25, 0.3) is 0 Å². The smallest absolute Gasteiger partial charge is 0.129 e. The Hall–Kier alpha value is -1.09. The van der Waals surface area contributed by atoms with Crippen molar-refractivity contribution in [1.29, 1.82) is 0 Å². The summed E-state index contributed by atoms with van der Waals surface area (Å²) in [7, 11) is 0. The van der Waals surface area contributed by atoms with Gasteiger partial charge in [0.2, 0.25) is 0 Å². The molecule has 0 aliphatic rings. The number of hydrogen-bond donors (Lipinski definition) is 2. The molecular formula is C11H16FNO. The van der Waals surface area contributed by atoms with Crippen molar-refractivity contribution in [2.45, 2.75) is 32.7 Å². The van der Waals surface area contributed by atoms with Crippen molar-refractivity contribution >= 4 is 0 Å². The molecule has 0 radical (unpaired) electrons. The molecule has 0 aliphatic carbocycles. The Morgan fingerprint density at radius 2 is 2.00 bits per heavy atom. The molecule has 3 N–H and O–H groups in total. The van der Waals surface area contributed by atoms with Crippen LogP contribution in [-0.4, -0.2) is 10.6 Å². The van der Waals surface area contributed by atoms with Crippen LogP contribution in [0.5, 0.6) is 5.75 Å². The summed E-state index contributed by atoms with van der Waals surface area (Å²) in [6, 6.07) is 2.83. The second-order valence-electron chi connectivity index (χ2n) is 4.40. The normalized spacial score (nSPS) is 11.8. The summed E-state index contributed by atoms with van der Waals surface area (Å²) in [4.78, 5) is 0. The molecule has 0 unspecified atom stereocenters. The molecule has 0 aliphatic heterocycles. The van der Waals surface area contributed by atoms with Gasteiger partial charge < -0.3 is 10.8 Å². The first-order chi connectivity index (χ1) is 6.29. The number of nitrogens with two attached hydrogens (primary N) is 1. The van der Waals surface area contributed by atoms with E-state index in [9.17, 15) is 9.50 Å². The van der Waals surface area contributed by atoms with Gasteiger partial charge in [0.15, 0.2) is 0 Å². The number of hydrogen-bond acceptors (Lipinski definition) is 2. The third-order valence-corrected chi connectivity index (χ3v) is 1.96. The van der Waals surface area contributed by atoms with Gasteiger partial charge in [0.25, 0.3) is 0 Å². The fourth-order valence-electron chi connectivity index (χ4n) is 1.44. The third-order valence-electron chi connectivity index (χ3n) is 1.96. The van der Waals surface area contributed by atoms with Gasteiger partial charge >= 0.3 is 0 Å². The van der Waals surface area contributed by atoms with Crippen LogP contribution >= 0.6 is 0 Å². The van der Waals surface area contributed by atoms with Crippen LogP contribution in [0.15, 0.2) is 12.1 Å². The van der Waals surface area contributed by atoms with Gasteiger partial charge in [-0.25, -0.2) is 4.39 Å². The summed E-state index contributed by atoms with van der Waals surface area (Å²) in [6.07, 6.45) is 0.411. The lowest BCUT2D eigenvalue weighted by atomic mass is 9.94. The van der Waals surface area contributed by atoms with E-state index in [-0.39, 0.29) is 11.6 Å². The summed E-state index contributed by atoms with van der Waals surface area (Å²) in [6.45, 7) is 5.28. The first kappa shape index (κ1) is 11.0. The minimum Gasteiger partial charge on any atom is -0.508 e. The maximum atomic E-state index is 13.5. The average molecular weight is 197 g/mol. The molecule has 3 heteroatoms. The van der Waals surface area contributed by atoms with Crippen LogP contribution in [0, 0.1) is 12.7 Å². The van der Waals surface area contributed by atoms with E-state index in [1.54, 1.807) is 6.92 Å². The lowest BCUT2D eigenvalue weighted by molar-refractivity contribution is 0.462. The molecule has 0 fully saturated rings. The van der Waals surface area contributed by atoms with E-state index < -0.39 is 5.54 Å². The molecule has 1 aromatic rings. The Morgan fingerprint density at radius 3 is 2.50 bits per heavy atom. The zero-order valence-corrected chi connectivity index (χ0v) is 8.76. The molecule has 0 spiro atoms. The summed E-state index contributed by atoms with van der Waals surface area (Å²) >= 11 is 0. The van der Waals surface area contributed by atoms with Crippen LogP contribution in [-0.2, 0) is 6.42 Å². The first-order valence-electron chi connectivity index (χ1n) is 4.56. The molecule has 0 bridgehead atoms. The van der Waals surface area contributed by atoms with Crippen LogP contribution in [0.1, 0.15) is 25.0 Å². The van der Waals surface area contributed by atoms with E-state index in [1.807, 2.05) is 13.8 Å². The Kier molecular flexibility index (Phi) is 2.81. The largest absolute Gasteiger partial charge is 0.508 e. The minimum absolute atomic E-state index is 0.0862. The molecule has 14 heavy (non-hydrogen) atoms. The summed E-state index contributed by atoms with van der Waals surface area (Å²) < 4.78 is 13.5. The van der Waals surface area contributed by atoms with E-state index in [0.29, 0.717) is 17.5 Å². The standard InChI is InChI=1S/C11H16FNO/c1-7-4-9(14)5-8(10(7)12)6-11(2,3)13/h4-5,14H,6,13H2,1-3H3. The first-order valence-corrected chi connectivity index (χ1v) is 4.56. The van der Waals surface area contributed by atoms with Gasteiger partial charge in [-0.1, -0.05) is 0 Å². The molecule has 0 saturated heterocycles. The van der Waals surface area contributed by atoms with E-state index in [1.165, 1.54) is 12.1 Å². The highest BCUT2D eigenvalue weighted by Crippen LogP contribution is 2.22. The van der Waals surface area contributed by atoms with Gasteiger partial charge in [-0.15, -0.1) is 0 Å². The highest BCUT2D eigenvalue weighted by molar-refractivity contribution is 5.35. The molecule has 0 saturated carbocycles. The van der Waals surface area contributed by atoms with E-state index in [0.717, 1.165) is 0 Å². The molecule has 78 valence electrons. The number of phenolic OH excluding ortho intramolecular Hbond substituents is 1. The van der Waals surface area contributed by atoms with Crippen LogP contribution in [0.4, 0.5) is 4.39 Å². The van der Waals surface area contributed by atoms with Crippen molar-refractivity contribution in [2.75, 3.05) is 0 Å². The van der Waals surface area contributed by atoms with Crippen molar-refractivity contribution in [3.8, 4) is 5.75 Å². The van der Waals surface area contributed by atoms with Crippen molar-refractivity contribution in [2.24, 2.45) is 5.73 Å². The van der Waals surface area contributed by atoms with Gasteiger partial charge in [-0.05, 0) is 50.5 Å². The number of rotatable bonds is 2. The van der Waals surface area contributed by atoms with Crippen LogP contribution < -0.4 is 5.73 Å². The second kappa shape index (κ2) is 3.58. The monoisotopic (exact) mass is 197 g/mol.